The van der Waals surface area contributed by atoms with E-state index < -0.39 is 10.7 Å². The third-order valence-corrected chi connectivity index (χ3v) is 2.83. The van der Waals surface area contributed by atoms with Crippen LogP contribution in [0.3, 0.4) is 0 Å². The minimum absolute atomic E-state index is 0.0179. The lowest BCUT2D eigenvalue weighted by Gasteiger charge is -2.02. The third kappa shape index (κ3) is 2.97. The highest BCUT2D eigenvalue weighted by atomic mass is 19.1. The zero-order valence-electron chi connectivity index (χ0n) is 10.7. The first kappa shape index (κ1) is 14.1. The van der Waals surface area contributed by atoms with Gasteiger partial charge in [-0.15, -0.1) is 0 Å². The average Bonchev–Trinajstić information content (AvgIpc) is 2.86. The summed E-state index contributed by atoms with van der Waals surface area (Å²) in [5, 5.41) is 14.2. The van der Waals surface area contributed by atoms with E-state index >= 15 is 0 Å². The maximum absolute atomic E-state index is 13.8. The van der Waals surface area contributed by atoms with E-state index in [2.05, 4.69) is 10.1 Å². The van der Waals surface area contributed by atoms with Crippen molar-refractivity contribution >= 4 is 5.69 Å². The number of aromatic nitrogens is 2. The van der Waals surface area contributed by atoms with Crippen molar-refractivity contribution in [3.05, 3.63) is 40.0 Å². The number of hydrogen-bond acceptors (Lipinski definition) is 6. The molecule has 8 heteroatoms. The lowest BCUT2D eigenvalue weighted by atomic mass is 10.1. The second kappa shape index (κ2) is 5.74. The Hall–Kier alpha value is -2.35. The smallest absolute Gasteiger partial charge is 0.272 e. The summed E-state index contributed by atoms with van der Waals surface area (Å²) in [4.78, 5) is 13.9. The Bertz CT molecular complexity index is 629. The van der Waals surface area contributed by atoms with Crippen molar-refractivity contribution in [1.82, 2.24) is 10.1 Å². The monoisotopic (exact) mass is 280 g/mol. The number of hydrogen-bond donors (Lipinski definition) is 1. The molecule has 2 aromatic rings. The van der Waals surface area contributed by atoms with Gasteiger partial charge in [0, 0.05) is 18.5 Å². The van der Waals surface area contributed by atoms with Gasteiger partial charge in [0.25, 0.3) is 11.6 Å². The molecule has 0 bridgehead atoms. The van der Waals surface area contributed by atoms with Crippen LogP contribution in [0.1, 0.15) is 19.2 Å². The molecule has 1 unspecified atom stereocenters. The molecule has 1 aromatic carbocycles. The first-order valence-electron chi connectivity index (χ1n) is 6.03. The molecule has 0 fully saturated rings. The average molecular weight is 280 g/mol. The lowest BCUT2D eigenvalue weighted by molar-refractivity contribution is -0.385. The predicted octanol–water partition coefficient (Wildman–Crippen LogP) is 2.06. The second-order valence-corrected chi connectivity index (χ2v) is 4.31. The highest BCUT2D eigenvalue weighted by Crippen LogP contribution is 2.25. The minimum Gasteiger partial charge on any atom is -0.334 e. The Morgan fingerprint density at radius 3 is 2.90 bits per heavy atom. The number of nitro groups is 1. The Morgan fingerprint density at radius 1 is 1.55 bits per heavy atom. The van der Waals surface area contributed by atoms with Crippen LogP contribution in [0.15, 0.2) is 22.7 Å². The minimum atomic E-state index is -0.783. The van der Waals surface area contributed by atoms with Gasteiger partial charge in [-0.1, -0.05) is 12.1 Å². The molecule has 7 nitrogen and oxygen atoms in total. The van der Waals surface area contributed by atoms with Gasteiger partial charge in [-0.25, -0.2) is 4.39 Å². The Morgan fingerprint density at radius 2 is 2.30 bits per heavy atom. The number of rotatable bonds is 5. The molecule has 1 heterocycles. The van der Waals surface area contributed by atoms with Crippen LogP contribution in [-0.4, -0.2) is 21.1 Å². The molecule has 0 saturated heterocycles. The summed E-state index contributed by atoms with van der Waals surface area (Å²) in [7, 11) is 0. The second-order valence-electron chi connectivity index (χ2n) is 4.31. The number of non-ortho nitro benzene ring substituents is 1. The van der Waals surface area contributed by atoms with Gasteiger partial charge < -0.3 is 10.3 Å². The van der Waals surface area contributed by atoms with Crippen LogP contribution < -0.4 is 5.73 Å². The topological polar surface area (TPSA) is 108 Å². The maximum atomic E-state index is 13.8. The van der Waals surface area contributed by atoms with Crippen molar-refractivity contribution in [2.45, 2.75) is 25.8 Å². The van der Waals surface area contributed by atoms with Crippen LogP contribution >= 0.6 is 0 Å². The maximum Gasteiger partial charge on any atom is 0.272 e. The molecule has 2 N–H and O–H groups in total. The molecule has 0 aliphatic carbocycles. The summed E-state index contributed by atoms with van der Waals surface area (Å²) in [6.07, 6.45) is 1.18. The molecule has 1 aromatic heterocycles. The molecular weight excluding hydrogens is 267 g/mol. The van der Waals surface area contributed by atoms with Gasteiger partial charge in [-0.2, -0.15) is 4.98 Å². The van der Waals surface area contributed by atoms with Gasteiger partial charge in [-0.3, -0.25) is 10.1 Å². The van der Waals surface area contributed by atoms with E-state index in [9.17, 15) is 14.5 Å². The lowest BCUT2D eigenvalue weighted by Crippen LogP contribution is -2.21. The highest BCUT2D eigenvalue weighted by Gasteiger charge is 2.17. The van der Waals surface area contributed by atoms with E-state index in [-0.39, 0.29) is 23.2 Å². The van der Waals surface area contributed by atoms with E-state index in [1.54, 1.807) is 0 Å². The van der Waals surface area contributed by atoms with Crippen molar-refractivity contribution in [2.75, 3.05) is 0 Å². The first-order chi connectivity index (χ1) is 9.51. The van der Waals surface area contributed by atoms with Crippen LogP contribution in [0.5, 0.6) is 0 Å². The van der Waals surface area contributed by atoms with Crippen molar-refractivity contribution in [2.24, 2.45) is 5.73 Å². The molecule has 2 rings (SSSR count). The molecule has 0 aliphatic heterocycles. The number of nitrogens with zero attached hydrogens (tertiary/aromatic N) is 3. The Labute approximate surface area is 113 Å². The van der Waals surface area contributed by atoms with Crippen molar-refractivity contribution in [3.8, 4) is 11.5 Å². The fourth-order valence-electron chi connectivity index (χ4n) is 1.62. The molecule has 0 aliphatic rings. The standard InChI is InChI=1S/C12H13FN4O3/c1-2-7(14)5-11-15-12(20-16-11)9-4-3-8(17(18)19)6-10(9)13/h3-4,6-7H,2,5,14H2,1H3. The Balaban J connectivity index is 2.26. The molecule has 106 valence electrons. The summed E-state index contributed by atoms with van der Waals surface area (Å²) in [5.41, 5.74) is 5.46. The molecule has 0 amide bonds. The molecular formula is C12H13FN4O3. The predicted molar refractivity (Wildman–Crippen MR) is 68.3 cm³/mol. The SMILES string of the molecule is CCC(N)Cc1noc(-c2ccc([N+](=O)[O-])cc2F)n1. The molecule has 1 atom stereocenters. The zero-order chi connectivity index (χ0) is 14.7. The molecule has 0 spiro atoms. The third-order valence-electron chi connectivity index (χ3n) is 2.83. The van der Waals surface area contributed by atoms with Crippen LogP contribution in [0.25, 0.3) is 11.5 Å². The summed E-state index contributed by atoms with van der Waals surface area (Å²) >= 11 is 0. The van der Waals surface area contributed by atoms with E-state index in [0.717, 1.165) is 12.5 Å². The van der Waals surface area contributed by atoms with Gasteiger partial charge in [-0.05, 0) is 12.5 Å². The molecule has 0 saturated carbocycles. The van der Waals surface area contributed by atoms with E-state index in [1.165, 1.54) is 12.1 Å². The van der Waals surface area contributed by atoms with Crippen molar-refractivity contribution in [1.29, 1.82) is 0 Å². The summed E-state index contributed by atoms with van der Waals surface area (Å²) in [6, 6.07) is 3.14. The number of nitro benzene ring substituents is 1. The van der Waals surface area contributed by atoms with E-state index in [1.807, 2.05) is 6.92 Å². The normalized spacial score (nSPS) is 12.3. The number of nitrogens with two attached hydrogens (primary N) is 1. The number of halogens is 1. The van der Waals surface area contributed by atoms with Crippen molar-refractivity contribution < 1.29 is 13.8 Å². The summed E-state index contributed by atoms with van der Waals surface area (Å²) in [5.74, 6) is -0.419. The zero-order valence-corrected chi connectivity index (χ0v) is 10.7. The van der Waals surface area contributed by atoms with Crippen molar-refractivity contribution in [3.63, 3.8) is 0 Å². The largest absolute Gasteiger partial charge is 0.334 e. The van der Waals surface area contributed by atoms with Gasteiger partial charge in [0.2, 0.25) is 0 Å². The highest BCUT2D eigenvalue weighted by molar-refractivity contribution is 5.56. The van der Waals surface area contributed by atoms with Gasteiger partial charge >= 0.3 is 0 Å². The van der Waals surface area contributed by atoms with Crippen LogP contribution in [0.2, 0.25) is 0 Å². The summed E-state index contributed by atoms with van der Waals surface area (Å²) < 4.78 is 18.7. The van der Waals surface area contributed by atoms with Crippen LogP contribution in [0, 0.1) is 15.9 Å². The fraction of sp³-hybridized carbons (Fsp3) is 0.333. The summed E-state index contributed by atoms with van der Waals surface area (Å²) in [6.45, 7) is 1.93. The van der Waals surface area contributed by atoms with E-state index in [4.69, 9.17) is 10.3 Å². The fourth-order valence-corrected chi connectivity index (χ4v) is 1.62. The van der Waals surface area contributed by atoms with Crippen LogP contribution in [0.4, 0.5) is 10.1 Å². The van der Waals surface area contributed by atoms with Crippen LogP contribution in [-0.2, 0) is 6.42 Å². The quantitative estimate of drug-likeness (QED) is 0.663. The molecule has 20 heavy (non-hydrogen) atoms. The van der Waals surface area contributed by atoms with Gasteiger partial charge in [0.15, 0.2) is 5.82 Å². The van der Waals surface area contributed by atoms with E-state index in [0.29, 0.717) is 12.2 Å². The number of benzene rings is 1. The van der Waals surface area contributed by atoms with Gasteiger partial charge in [0.1, 0.15) is 5.82 Å². The first-order valence-corrected chi connectivity index (χ1v) is 6.03. The Kier molecular flexibility index (Phi) is 4.04. The van der Waals surface area contributed by atoms with Gasteiger partial charge in [0.05, 0.1) is 16.6 Å². The molecule has 0 radical (unpaired) electrons.